The van der Waals surface area contributed by atoms with Crippen molar-refractivity contribution >= 4 is 5.91 Å². The summed E-state index contributed by atoms with van der Waals surface area (Å²) in [6.45, 7) is 9.28. The van der Waals surface area contributed by atoms with Crippen LogP contribution >= 0.6 is 0 Å². The summed E-state index contributed by atoms with van der Waals surface area (Å²) in [6, 6.07) is 8.63. The van der Waals surface area contributed by atoms with Gasteiger partial charge in [-0.05, 0) is 105 Å². The lowest BCUT2D eigenvalue weighted by molar-refractivity contribution is -0.130. The van der Waals surface area contributed by atoms with Crippen molar-refractivity contribution in [3.63, 3.8) is 0 Å². The SMILES string of the molecule is COc1cc2c(cc1OC)C(C)C2.Cc1cc2c(cc1C)CC(=O)N(CCCN(C)C)CC2. The molecule has 1 aliphatic carbocycles. The molecule has 1 unspecified atom stereocenters. The third-order valence-electron chi connectivity index (χ3n) is 6.90. The molecule has 0 spiro atoms. The van der Waals surface area contributed by atoms with Crippen molar-refractivity contribution in [1.29, 1.82) is 0 Å². The summed E-state index contributed by atoms with van der Waals surface area (Å²) in [5, 5.41) is 0. The van der Waals surface area contributed by atoms with E-state index < -0.39 is 0 Å². The molecule has 0 N–H and O–H groups in total. The zero-order valence-electron chi connectivity index (χ0n) is 21.5. The number of carbonyl (C=O) groups is 1. The van der Waals surface area contributed by atoms with Crippen molar-refractivity contribution in [1.82, 2.24) is 9.80 Å². The molecule has 1 atom stereocenters. The van der Waals surface area contributed by atoms with Crippen LogP contribution in [0.4, 0.5) is 0 Å². The first-order chi connectivity index (χ1) is 15.7. The lowest BCUT2D eigenvalue weighted by Gasteiger charge is -2.28. The van der Waals surface area contributed by atoms with E-state index >= 15 is 0 Å². The molecule has 0 radical (unpaired) electrons. The maximum absolute atomic E-state index is 12.4. The minimum absolute atomic E-state index is 0.283. The van der Waals surface area contributed by atoms with Gasteiger partial charge in [0.25, 0.3) is 0 Å². The molecular weight excluding hydrogens is 412 g/mol. The largest absolute Gasteiger partial charge is 0.493 e. The maximum Gasteiger partial charge on any atom is 0.227 e. The molecule has 0 fully saturated rings. The maximum atomic E-state index is 12.4. The van der Waals surface area contributed by atoms with E-state index in [0.29, 0.717) is 12.3 Å². The zero-order valence-corrected chi connectivity index (χ0v) is 21.5. The molecule has 33 heavy (non-hydrogen) atoms. The van der Waals surface area contributed by atoms with Crippen molar-refractivity contribution in [2.45, 2.75) is 52.4 Å². The lowest BCUT2D eigenvalue weighted by atomic mass is 9.78. The molecule has 5 heteroatoms. The highest BCUT2D eigenvalue weighted by Crippen LogP contribution is 2.41. The Morgan fingerprint density at radius 1 is 0.970 bits per heavy atom. The van der Waals surface area contributed by atoms with Gasteiger partial charge in [0.05, 0.1) is 20.6 Å². The Hall–Kier alpha value is -2.53. The Bertz CT molecular complexity index is 984. The van der Waals surface area contributed by atoms with Crippen LogP contribution in [0.15, 0.2) is 24.3 Å². The number of hydrogen-bond donors (Lipinski definition) is 0. The van der Waals surface area contributed by atoms with E-state index in [0.717, 1.165) is 50.4 Å². The summed E-state index contributed by atoms with van der Waals surface area (Å²) in [6.07, 6.45) is 3.77. The highest BCUT2D eigenvalue weighted by atomic mass is 16.5. The third kappa shape index (κ3) is 6.08. The number of ether oxygens (including phenoxy) is 2. The van der Waals surface area contributed by atoms with Gasteiger partial charge in [-0.15, -0.1) is 0 Å². The van der Waals surface area contributed by atoms with Gasteiger partial charge < -0.3 is 19.3 Å². The predicted octanol–water partition coefficient (Wildman–Crippen LogP) is 4.55. The van der Waals surface area contributed by atoms with E-state index in [-0.39, 0.29) is 5.91 Å². The number of benzene rings is 2. The molecule has 180 valence electrons. The van der Waals surface area contributed by atoms with E-state index in [9.17, 15) is 4.79 Å². The minimum atomic E-state index is 0.283. The first kappa shape index (κ1) is 25.1. The van der Waals surface area contributed by atoms with Crippen LogP contribution in [-0.4, -0.2) is 63.7 Å². The molecular formula is C28H40N2O3. The smallest absolute Gasteiger partial charge is 0.227 e. The van der Waals surface area contributed by atoms with Crippen molar-refractivity contribution in [3.8, 4) is 11.5 Å². The monoisotopic (exact) mass is 452 g/mol. The normalized spacial score (nSPS) is 16.8. The Morgan fingerprint density at radius 3 is 2.21 bits per heavy atom. The van der Waals surface area contributed by atoms with Crippen molar-refractivity contribution in [2.75, 3.05) is 47.9 Å². The van der Waals surface area contributed by atoms with Crippen LogP contribution in [0.25, 0.3) is 0 Å². The van der Waals surface area contributed by atoms with Gasteiger partial charge in [0.1, 0.15) is 0 Å². The average Bonchev–Trinajstić information content (AvgIpc) is 2.91. The van der Waals surface area contributed by atoms with Gasteiger partial charge in [0.15, 0.2) is 11.5 Å². The Labute approximate surface area is 199 Å². The molecule has 2 aromatic carbocycles. The summed E-state index contributed by atoms with van der Waals surface area (Å²) in [5.41, 5.74) is 8.00. The fourth-order valence-electron chi connectivity index (χ4n) is 4.68. The number of aryl methyl sites for hydroxylation is 2. The first-order valence-corrected chi connectivity index (χ1v) is 12.0. The molecule has 0 aromatic heterocycles. The quantitative estimate of drug-likeness (QED) is 0.645. The summed E-state index contributed by atoms with van der Waals surface area (Å²) >= 11 is 0. The molecule has 5 nitrogen and oxygen atoms in total. The number of methoxy groups -OCH3 is 2. The second-order valence-electron chi connectivity index (χ2n) is 9.68. The summed E-state index contributed by atoms with van der Waals surface area (Å²) in [5.74, 6) is 2.64. The molecule has 0 saturated carbocycles. The predicted molar refractivity (Wildman–Crippen MR) is 135 cm³/mol. The number of fused-ring (bicyclic) bond motifs is 2. The third-order valence-corrected chi connectivity index (χ3v) is 6.90. The average molecular weight is 453 g/mol. The highest BCUT2D eigenvalue weighted by Gasteiger charge is 2.24. The molecule has 2 aliphatic rings. The van der Waals surface area contributed by atoms with E-state index in [2.05, 4.69) is 64.0 Å². The van der Waals surface area contributed by atoms with Gasteiger partial charge in [-0.3, -0.25) is 4.79 Å². The van der Waals surface area contributed by atoms with E-state index in [1.807, 2.05) is 4.90 Å². The van der Waals surface area contributed by atoms with Crippen LogP contribution in [0.2, 0.25) is 0 Å². The van der Waals surface area contributed by atoms with Crippen LogP contribution in [0.3, 0.4) is 0 Å². The molecule has 1 heterocycles. The summed E-state index contributed by atoms with van der Waals surface area (Å²) < 4.78 is 10.4. The summed E-state index contributed by atoms with van der Waals surface area (Å²) in [4.78, 5) is 16.6. The molecule has 0 saturated heterocycles. The van der Waals surface area contributed by atoms with Crippen LogP contribution in [-0.2, 0) is 24.1 Å². The highest BCUT2D eigenvalue weighted by molar-refractivity contribution is 5.80. The minimum Gasteiger partial charge on any atom is -0.493 e. The Balaban J connectivity index is 0.000000203. The zero-order chi connectivity index (χ0) is 24.1. The number of rotatable bonds is 6. The van der Waals surface area contributed by atoms with Gasteiger partial charge >= 0.3 is 0 Å². The van der Waals surface area contributed by atoms with Gasteiger partial charge in [-0.2, -0.15) is 0 Å². The molecule has 4 rings (SSSR count). The molecule has 2 aromatic rings. The topological polar surface area (TPSA) is 42.0 Å². The van der Waals surface area contributed by atoms with Crippen LogP contribution in [0.5, 0.6) is 11.5 Å². The Kier molecular flexibility index (Phi) is 8.41. The number of amides is 1. The van der Waals surface area contributed by atoms with E-state index in [4.69, 9.17) is 9.47 Å². The second-order valence-corrected chi connectivity index (χ2v) is 9.68. The van der Waals surface area contributed by atoms with Crippen LogP contribution in [0.1, 0.15) is 52.6 Å². The Morgan fingerprint density at radius 2 is 1.61 bits per heavy atom. The fourth-order valence-corrected chi connectivity index (χ4v) is 4.68. The first-order valence-electron chi connectivity index (χ1n) is 12.0. The van der Waals surface area contributed by atoms with Gasteiger partial charge in [0, 0.05) is 13.1 Å². The standard InChI is InChI=1S/C17H26N2O.C11H14O2/c1-13-10-15-6-9-19(8-5-7-18(3)4)17(20)12-16(15)11-14(13)2;1-7-4-8-5-10(12-2)11(13-3)6-9(7)8/h10-11H,5-9,12H2,1-4H3;5-7H,4H2,1-3H3. The molecule has 0 bridgehead atoms. The fraction of sp³-hybridized carbons (Fsp3) is 0.536. The number of carbonyl (C=O) groups excluding carboxylic acids is 1. The van der Waals surface area contributed by atoms with Crippen LogP contribution in [0, 0.1) is 13.8 Å². The number of nitrogens with zero attached hydrogens (tertiary/aromatic N) is 2. The van der Waals surface area contributed by atoms with Gasteiger partial charge in [-0.25, -0.2) is 0 Å². The van der Waals surface area contributed by atoms with Gasteiger partial charge in [0.2, 0.25) is 5.91 Å². The number of hydrogen-bond acceptors (Lipinski definition) is 4. The van der Waals surface area contributed by atoms with Crippen molar-refractivity contribution < 1.29 is 14.3 Å². The van der Waals surface area contributed by atoms with E-state index in [1.54, 1.807) is 14.2 Å². The molecule has 1 amide bonds. The second kappa shape index (κ2) is 11.1. The van der Waals surface area contributed by atoms with Gasteiger partial charge in [-0.1, -0.05) is 19.1 Å². The van der Waals surface area contributed by atoms with Crippen LogP contribution < -0.4 is 9.47 Å². The molecule has 1 aliphatic heterocycles. The van der Waals surface area contributed by atoms with Crippen molar-refractivity contribution in [3.05, 3.63) is 57.6 Å². The summed E-state index contributed by atoms with van der Waals surface area (Å²) in [7, 11) is 7.50. The van der Waals surface area contributed by atoms with Crippen molar-refractivity contribution in [2.24, 2.45) is 0 Å². The lowest BCUT2D eigenvalue weighted by Crippen LogP contribution is -2.34. The van der Waals surface area contributed by atoms with E-state index in [1.165, 1.54) is 33.4 Å².